The number of benzene rings is 1. The fraction of sp³-hybridized carbons (Fsp3) is 0.548. The van der Waals surface area contributed by atoms with Crippen LogP contribution in [0.4, 0.5) is 5.82 Å². The minimum absolute atomic E-state index is 0.0772. The average molecular weight is 633 g/mol. The molecule has 2 aromatic rings. The van der Waals surface area contributed by atoms with Crippen molar-refractivity contribution in [1.29, 1.82) is 0 Å². The normalized spacial score (nSPS) is 19.0. The van der Waals surface area contributed by atoms with E-state index in [0.717, 1.165) is 25.7 Å². The average Bonchev–Trinajstić information content (AvgIpc) is 3.67. The third-order valence-electron chi connectivity index (χ3n) is 7.23. The molecule has 1 aliphatic rings. The summed E-state index contributed by atoms with van der Waals surface area (Å²) in [5.41, 5.74) is 4.85. The second kappa shape index (κ2) is 16.0. The van der Waals surface area contributed by atoms with E-state index in [1.54, 1.807) is 50.4 Å². The lowest BCUT2D eigenvalue weighted by molar-refractivity contribution is -0.149. The summed E-state index contributed by atoms with van der Waals surface area (Å²) >= 11 is 0. The van der Waals surface area contributed by atoms with E-state index in [0.29, 0.717) is 12.0 Å². The molecule has 0 radical (unpaired) electrons. The van der Waals surface area contributed by atoms with E-state index in [-0.39, 0.29) is 43.2 Å². The highest BCUT2D eigenvalue weighted by atomic mass is 31.2. The molecule has 0 aliphatic heterocycles. The number of esters is 2. The molecule has 1 aromatic heterocycles. The molecular weight excluding hydrogens is 587 g/mol. The third-order valence-corrected chi connectivity index (χ3v) is 8.86. The number of hydrogen-bond donors (Lipinski definition) is 2. The SMILES string of the molecule is CCCC(CCC)COC(=O)[C@H](C)N[P@](=O)(OCC1(COC(=O)C(C)C)C/C1=C/n1ccc(N)nc1=O)Oc1ccccc1. The van der Waals surface area contributed by atoms with Crippen LogP contribution < -0.4 is 21.0 Å². The quantitative estimate of drug-likeness (QED) is 0.164. The standard InChI is InChI=1S/C31H45N4O8P/c1-6-11-24(12-7-2)19-40-29(37)23(5)34-44(39,43-26-13-9-8-10-14-26)42-21-31(20-41-28(36)22(3)4)17-25(31)18-35-16-15-27(32)33-30(35)38/h8-10,13-16,18,22-24H,6-7,11-12,17,19-21H2,1-5H3,(H,34,39)(H2,32,33,38)/b25-18-/t23-,31?,44-/m0/s1. The highest BCUT2D eigenvalue weighted by molar-refractivity contribution is 7.52. The maximum absolute atomic E-state index is 14.1. The number of ether oxygens (including phenoxy) is 2. The van der Waals surface area contributed by atoms with Gasteiger partial charge in [-0.3, -0.25) is 18.7 Å². The van der Waals surface area contributed by atoms with E-state index in [9.17, 15) is 18.9 Å². The van der Waals surface area contributed by atoms with Crippen LogP contribution in [0.5, 0.6) is 5.75 Å². The van der Waals surface area contributed by atoms with Gasteiger partial charge in [0.05, 0.1) is 24.5 Å². The number of carbonyl (C=O) groups is 2. The second-order valence-electron chi connectivity index (χ2n) is 11.5. The molecule has 0 amide bonds. The van der Waals surface area contributed by atoms with Crippen LogP contribution in [0.2, 0.25) is 0 Å². The van der Waals surface area contributed by atoms with Crippen molar-refractivity contribution in [2.24, 2.45) is 17.3 Å². The first kappa shape index (κ1) is 35.0. The Morgan fingerprint density at radius 2 is 1.75 bits per heavy atom. The molecule has 1 fully saturated rings. The third kappa shape index (κ3) is 10.3. The highest BCUT2D eigenvalue weighted by Gasteiger charge is 2.52. The Labute approximate surface area is 258 Å². The van der Waals surface area contributed by atoms with Crippen LogP contribution in [0.3, 0.4) is 0 Å². The second-order valence-corrected chi connectivity index (χ2v) is 13.2. The molecule has 44 heavy (non-hydrogen) atoms. The van der Waals surface area contributed by atoms with Crippen LogP contribution >= 0.6 is 7.75 Å². The number of hydrogen-bond acceptors (Lipinski definition) is 10. The molecule has 1 heterocycles. The van der Waals surface area contributed by atoms with Crippen LogP contribution in [-0.2, 0) is 28.2 Å². The fourth-order valence-corrected chi connectivity index (χ4v) is 6.14. The molecule has 0 saturated heterocycles. The number of carbonyl (C=O) groups excluding carboxylic acids is 2. The predicted molar refractivity (Wildman–Crippen MR) is 168 cm³/mol. The van der Waals surface area contributed by atoms with Crippen molar-refractivity contribution in [3.05, 3.63) is 58.7 Å². The monoisotopic (exact) mass is 632 g/mol. The molecule has 0 spiro atoms. The first-order valence-corrected chi connectivity index (χ1v) is 16.6. The van der Waals surface area contributed by atoms with Gasteiger partial charge in [0, 0.05) is 12.4 Å². The highest BCUT2D eigenvalue weighted by Crippen LogP contribution is 2.56. The van der Waals surface area contributed by atoms with Gasteiger partial charge in [-0.05, 0) is 55.9 Å². The summed E-state index contributed by atoms with van der Waals surface area (Å²) in [6.45, 7) is 9.14. The van der Waals surface area contributed by atoms with Crippen LogP contribution in [0.25, 0.3) is 6.20 Å². The van der Waals surface area contributed by atoms with Gasteiger partial charge in [0.25, 0.3) is 0 Å². The number of nitrogens with one attached hydrogen (secondary N) is 1. The van der Waals surface area contributed by atoms with E-state index in [2.05, 4.69) is 23.9 Å². The van der Waals surface area contributed by atoms with Crippen molar-refractivity contribution in [3.63, 3.8) is 0 Å². The Bertz CT molecular complexity index is 1390. The smallest absolute Gasteiger partial charge is 0.459 e. The Kier molecular flexibility index (Phi) is 12.7. The van der Waals surface area contributed by atoms with Crippen molar-refractivity contribution in [2.45, 2.75) is 72.8 Å². The van der Waals surface area contributed by atoms with E-state index in [4.69, 9.17) is 24.3 Å². The topological polar surface area (TPSA) is 161 Å². The zero-order valence-corrected chi connectivity index (χ0v) is 27.1. The number of anilines is 1. The Morgan fingerprint density at radius 3 is 2.36 bits per heavy atom. The molecule has 242 valence electrons. The zero-order valence-electron chi connectivity index (χ0n) is 26.2. The molecule has 13 heteroatoms. The van der Waals surface area contributed by atoms with Gasteiger partial charge < -0.3 is 19.7 Å². The van der Waals surface area contributed by atoms with Gasteiger partial charge >= 0.3 is 25.4 Å². The van der Waals surface area contributed by atoms with Gasteiger partial charge in [-0.25, -0.2) is 9.36 Å². The molecule has 1 unspecified atom stereocenters. The van der Waals surface area contributed by atoms with Crippen LogP contribution in [0, 0.1) is 17.3 Å². The fourth-order valence-electron chi connectivity index (χ4n) is 4.56. The molecular formula is C31H45N4O8P. The molecule has 3 atom stereocenters. The van der Waals surface area contributed by atoms with Gasteiger partial charge in [0.15, 0.2) is 0 Å². The first-order chi connectivity index (χ1) is 20.9. The minimum Gasteiger partial charge on any atom is -0.464 e. The van der Waals surface area contributed by atoms with Crippen molar-refractivity contribution in [2.75, 3.05) is 25.6 Å². The summed E-state index contributed by atoms with van der Waals surface area (Å²) in [4.78, 5) is 41.3. The summed E-state index contributed by atoms with van der Waals surface area (Å²) in [5, 5.41) is 2.72. The summed E-state index contributed by atoms with van der Waals surface area (Å²) in [6.07, 6.45) is 7.29. The van der Waals surface area contributed by atoms with Crippen LogP contribution in [-0.4, -0.2) is 47.4 Å². The predicted octanol–water partition coefficient (Wildman–Crippen LogP) is 5.20. The molecule has 1 aliphatic carbocycles. The van der Waals surface area contributed by atoms with Crippen molar-refractivity contribution < 1.29 is 32.7 Å². The lowest BCUT2D eigenvalue weighted by Crippen LogP contribution is -2.36. The number of nitrogens with zero attached hydrogens (tertiary/aromatic N) is 2. The van der Waals surface area contributed by atoms with Crippen molar-refractivity contribution in [3.8, 4) is 5.75 Å². The number of rotatable bonds is 18. The molecule has 1 saturated carbocycles. The van der Waals surface area contributed by atoms with Crippen LogP contribution in [0.15, 0.2) is 53.0 Å². The van der Waals surface area contributed by atoms with Gasteiger partial charge in [-0.15, -0.1) is 0 Å². The Morgan fingerprint density at radius 1 is 1.07 bits per heavy atom. The number of nitrogens with two attached hydrogens (primary N) is 1. The molecule has 3 rings (SSSR count). The molecule has 0 bridgehead atoms. The van der Waals surface area contributed by atoms with Crippen molar-refractivity contribution in [1.82, 2.24) is 14.6 Å². The zero-order chi connectivity index (χ0) is 32.3. The summed E-state index contributed by atoms with van der Waals surface area (Å²) in [7, 11) is -4.19. The van der Waals surface area contributed by atoms with Gasteiger partial charge in [-0.2, -0.15) is 10.1 Å². The van der Waals surface area contributed by atoms with E-state index in [1.807, 2.05) is 0 Å². The van der Waals surface area contributed by atoms with E-state index < -0.39 is 36.8 Å². The summed E-state index contributed by atoms with van der Waals surface area (Å²) in [5.74, 6) is -0.749. The number of nitrogen functional groups attached to an aromatic ring is 1. The Balaban J connectivity index is 1.81. The molecule has 3 N–H and O–H groups in total. The van der Waals surface area contributed by atoms with Gasteiger partial charge in [-0.1, -0.05) is 58.7 Å². The van der Waals surface area contributed by atoms with Crippen LogP contribution in [0.1, 0.15) is 66.7 Å². The molecule has 1 aromatic carbocycles. The largest absolute Gasteiger partial charge is 0.464 e. The van der Waals surface area contributed by atoms with E-state index in [1.165, 1.54) is 23.8 Å². The van der Waals surface area contributed by atoms with Gasteiger partial charge in [0.1, 0.15) is 24.2 Å². The Hall–Kier alpha value is -3.47. The summed E-state index contributed by atoms with van der Waals surface area (Å²) < 4.78 is 38.3. The molecule has 12 nitrogen and oxygen atoms in total. The first-order valence-electron chi connectivity index (χ1n) is 15.1. The van der Waals surface area contributed by atoms with Gasteiger partial charge in [0.2, 0.25) is 0 Å². The van der Waals surface area contributed by atoms with E-state index >= 15 is 0 Å². The lowest BCUT2D eigenvalue weighted by Gasteiger charge is -2.25. The lowest BCUT2D eigenvalue weighted by atomic mass is 9.99. The number of para-hydroxylation sites is 1. The summed E-state index contributed by atoms with van der Waals surface area (Å²) in [6, 6.07) is 8.90. The number of aromatic nitrogens is 2. The van der Waals surface area contributed by atoms with Crippen molar-refractivity contribution >= 4 is 31.7 Å². The maximum Gasteiger partial charge on any atom is 0.459 e. The minimum atomic E-state index is -4.19. The maximum atomic E-state index is 14.1.